The molecule has 0 aromatic carbocycles. The van der Waals surface area contributed by atoms with Crippen LogP contribution < -0.4 is 5.32 Å². The van der Waals surface area contributed by atoms with Gasteiger partial charge in [0.05, 0.1) is 11.7 Å². The highest BCUT2D eigenvalue weighted by molar-refractivity contribution is 6.28. The normalized spacial score (nSPS) is 14.9. The molecule has 3 aromatic rings. The molecule has 3 heterocycles. The van der Waals surface area contributed by atoms with Crippen LogP contribution in [0.2, 0.25) is 5.28 Å². The molecule has 0 unspecified atom stereocenters. The molecule has 0 bridgehead atoms. The Bertz CT molecular complexity index is 785. The Morgan fingerprint density at radius 1 is 1.35 bits per heavy atom. The Morgan fingerprint density at radius 3 is 2.90 bits per heavy atom. The van der Waals surface area contributed by atoms with Gasteiger partial charge in [-0.25, -0.2) is 4.98 Å². The molecule has 0 amide bonds. The van der Waals surface area contributed by atoms with Crippen LogP contribution in [0.25, 0.3) is 11.0 Å². The predicted octanol–water partition coefficient (Wildman–Crippen LogP) is 2.90. The van der Waals surface area contributed by atoms with Gasteiger partial charge in [-0.2, -0.15) is 9.97 Å². The third kappa shape index (κ3) is 1.92. The summed E-state index contributed by atoms with van der Waals surface area (Å²) in [5.74, 6) is 1.43. The molecule has 0 spiro atoms. The number of hydrogen-bond donors (Lipinski definition) is 1. The van der Waals surface area contributed by atoms with Crippen molar-refractivity contribution in [1.82, 2.24) is 24.1 Å². The zero-order valence-electron chi connectivity index (χ0n) is 10.9. The van der Waals surface area contributed by atoms with E-state index in [0.717, 1.165) is 16.9 Å². The minimum absolute atomic E-state index is 0.247. The van der Waals surface area contributed by atoms with Crippen molar-refractivity contribution in [2.75, 3.05) is 5.32 Å². The number of imidazole rings is 1. The molecule has 0 saturated heterocycles. The predicted molar refractivity (Wildman–Crippen MR) is 77.3 cm³/mol. The van der Waals surface area contributed by atoms with Gasteiger partial charge in [-0.1, -0.05) is 0 Å². The number of halogens is 1. The van der Waals surface area contributed by atoms with E-state index in [1.54, 1.807) is 6.33 Å². The van der Waals surface area contributed by atoms with E-state index in [1.165, 1.54) is 12.8 Å². The fraction of sp³-hybridized carbons (Fsp3) is 0.308. The van der Waals surface area contributed by atoms with Gasteiger partial charge >= 0.3 is 0 Å². The maximum Gasteiger partial charge on any atom is 0.226 e. The maximum absolute atomic E-state index is 6.05. The van der Waals surface area contributed by atoms with Crippen molar-refractivity contribution in [2.45, 2.75) is 18.9 Å². The Labute approximate surface area is 120 Å². The quantitative estimate of drug-likeness (QED) is 0.753. The lowest BCUT2D eigenvalue weighted by Crippen LogP contribution is -1.99. The number of aryl methyl sites for hydroxylation is 1. The third-order valence-electron chi connectivity index (χ3n) is 3.44. The summed E-state index contributed by atoms with van der Waals surface area (Å²) in [6.45, 7) is 0. The summed E-state index contributed by atoms with van der Waals surface area (Å²) in [5.41, 5.74) is 0.880. The molecule has 20 heavy (non-hydrogen) atoms. The highest BCUT2D eigenvalue weighted by Crippen LogP contribution is 2.38. The number of nitrogens with one attached hydrogen (secondary N) is 1. The van der Waals surface area contributed by atoms with Crippen LogP contribution >= 0.6 is 11.6 Å². The smallest absolute Gasteiger partial charge is 0.226 e. The Morgan fingerprint density at radius 2 is 2.20 bits per heavy atom. The van der Waals surface area contributed by atoms with Crippen molar-refractivity contribution in [3.05, 3.63) is 30.1 Å². The van der Waals surface area contributed by atoms with Crippen LogP contribution in [0, 0.1) is 0 Å². The highest BCUT2D eigenvalue weighted by atomic mass is 35.5. The Hall–Kier alpha value is -2.08. The van der Waals surface area contributed by atoms with Crippen molar-refractivity contribution in [1.29, 1.82) is 0 Å². The minimum Gasteiger partial charge on any atom is -0.338 e. The molecule has 3 aromatic heterocycles. The summed E-state index contributed by atoms with van der Waals surface area (Å²) in [6, 6.07) is 2.58. The third-order valence-corrected chi connectivity index (χ3v) is 3.61. The van der Waals surface area contributed by atoms with Crippen LogP contribution in [0.1, 0.15) is 18.9 Å². The molecule has 102 valence electrons. The molecule has 0 radical (unpaired) electrons. The van der Waals surface area contributed by atoms with Crippen LogP contribution in [0.15, 0.2) is 24.8 Å². The Kier molecular flexibility index (Phi) is 2.47. The highest BCUT2D eigenvalue weighted by Gasteiger charge is 2.26. The van der Waals surface area contributed by atoms with E-state index in [0.29, 0.717) is 11.9 Å². The number of rotatable bonds is 3. The number of nitrogens with zero attached hydrogens (tertiary/aromatic N) is 5. The van der Waals surface area contributed by atoms with E-state index in [4.69, 9.17) is 11.6 Å². The molecule has 1 saturated carbocycles. The van der Waals surface area contributed by atoms with Crippen molar-refractivity contribution in [3.63, 3.8) is 0 Å². The molecule has 0 aliphatic heterocycles. The first-order chi connectivity index (χ1) is 9.70. The standard InChI is InChI=1S/C13H13ClN6/c1-19-6-10(15-7-19)16-11-9-4-5-20(8-2-3-8)12(9)18-13(14)17-11/h4-8H,2-3H2,1H3,(H,16,17,18). The molecule has 0 atom stereocenters. The first-order valence-electron chi connectivity index (χ1n) is 6.50. The minimum atomic E-state index is 0.247. The number of fused-ring (bicyclic) bond motifs is 1. The van der Waals surface area contributed by atoms with Gasteiger partial charge in [-0.15, -0.1) is 0 Å². The first kappa shape index (κ1) is 11.7. The summed E-state index contributed by atoms with van der Waals surface area (Å²) in [4.78, 5) is 12.9. The fourth-order valence-corrected chi connectivity index (χ4v) is 2.51. The van der Waals surface area contributed by atoms with Crippen LogP contribution in [0.3, 0.4) is 0 Å². The lowest BCUT2D eigenvalue weighted by molar-refractivity contribution is 0.765. The number of hydrogen-bond acceptors (Lipinski definition) is 4. The van der Waals surface area contributed by atoms with Gasteiger partial charge in [0.25, 0.3) is 0 Å². The summed E-state index contributed by atoms with van der Waals surface area (Å²) in [5, 5.41) is 4.41. The average Bonchev–Trinajstić information content (AvgIpc) is 3.04. The van der Waals surface area contributed by atoms with Gasteiger partial charge in [-0.05, 0) is 30.5 Å². The fourth-order valence-electron chi connectivity index (χ4n) is 2.35. The lowest BCUT2D eigenvalue weighted by Gasteiger charge is -2.06. The van der Waals surface area contributed by atoms with Crippen LogP contribution in [-0.4, -0.2) is 24.1 Å². The molecule has 7 heteroatoms. The zero-order valence-corrected chi connectivity index (χ0v) is 11.7. The van der Waals surface area contributed by atoms with E-state index in [1.807, 2.05) is 23.9 Å². The largest absolute Gasteiger partial charge is 0.338 e. The molecule has 1 aliphatic carbocycles. The van der Waals surface area contributed by atoms with Gasteiger partial charge in [0.2, 0.25) is 5.28 Å². The van der Waals surface area contributed by atoms with Crippen LogP contribution in [-0.2, 0) is 7.05 Å². The van der Waals surface area contributed by atoms with Crippen molar-refractivity contribution in [2.24, 2.45) is 7.05 Å². The van der Waals surface area contributed by atoms with E-state index < -0.39 is 0 Å². The molecule has 1 aliphatic rings. The average molecular weight is 289 g/mol. The molecule has 1 fully saturated rings. The number of aromatic nitrogens is 5. The molecular formula is C13H13ClN6. The van der Waals surface area contributed by atoms with Crippen LogP contribution in [0.5, 0.6) is 0 Å². The molecule has 6 nitrogen and oxygen atoms in total. The second-order valence-corrected chi connectivity index (χ2v) is 5.42. The molecule has 4 rings (SSSR count). The van der Waals surface area contributed by atoms with E-state index in [9.17, 15) is 0 Å². The van der Waals surface area contributed by atoms with Crippen molar-refractivity contribution < 1.29 is 0 Å². The van der Waals surface area contributed by atoms with Gasteiger partial charge in [0.15, 0.2) is 0 Å². The lowest BCUT2D eigenvalue weighted by atomic mass is 10.4. The molecular weight excluding hydrogens is 276 g/mol. The summed E-state index contributed by atoms with van der Waals surface area (Å²) >= 11 is 6.05. The monoisotopic (exact) mass is 288 g/mol. The van der Waals surface area contributed by atoms with E-state index in [-0.39, 0.29) is 5.28 Å². The van der Waals surface area contributed by atoms with Gasteiger partial charge in [0.1, 0.15) is 17.3 Å². The first-order valence-corrected chi connectivity index (χ1v) is 6.87. The summed E-state index contributed by atoms with van der Waals surface area (Å²) in [7, 11) is 1.92. The zero-order chi connectivity index (χ0) is 13.7. The van der Waals surface area contributed by atoms with Gasteiger partial charge in [0, 0.05) is 25.5 Å². The van der Waals surface area contributed by atoms with Crippen molar-refractivity contribution >= 4 is 34.3 Å². The van der Waals surface area contributed by atoms with E-state index in [2.05, 4.69) is 31.0 Å². The SMILES string of the molecule is Cn1cnc(Nc2nc(Cl)nc3c2ccn3C2CC2)c1. The molecule has 1 N–H and O–H groups in total. The second kappa shape index (κ2) is 4.21. The van der Waals surface area contributed by atoms with Crippen LogP contribution in [0.4, 0.5) is 11.6 Å². The Balaban J connectivity index is 1.81. The maximum atomic E-state index is 6.05. The number of anilines is 2. The van der Waals surface area contributed by atoms with Gasteiger partial charge < -0.3 is 14.5 Å². The van der Waals surface area contributed by atoms with E-state index >= 15 is 0 Å². The topological polar surface area (TPSA) is 60.6 Å². The van der Waals surface area contributed by atoms with Gasteiger partial charge in [-0.3, -0.25) is 0 Å². The second-order valence-electron chi connectivity index (χ2n) is 5.08. The van der Waals surface area contributed by atoms with Crippen molar-refractivity contribution in [3.8, 4) is 0 Å². The summed E-state index contributed by atoms with van der Waals surface area (Å²) in [6.07, 6.45) is 8.08. The summed E-state index contributed by atoms with van der Waals surface area (Å²) < 4.78 is 4.05.